The molecule has 0 spiro atoms. The molecule has 0 radical (unpaired) electrons. The van der Waals surface area contributed by atoms with E-state index < -0.39 is 6.29 Å². The van der Waals surface area contributed by atoms with Crippen molar-refractivity contribution in [3.8, 4) is 0 Å². The molecule has 0 aliphatic carbocycles. The Balaban J connectivity index is -0.00000000833. The van der Waals surface area contributed by atoms with E-state index >= 15 is 0 Å². The SMILES string of the molecule is CCCC(O)O.[Ca+2].[Ca+2].[H-].[H-].[H-].[H-]. The van der Waals surface area contributed by atoms with E-state index in [4.69, 9.17) is 10.2 Å². The van der Waals surface area contributed by atoms with Gasteiger partial charge in [0, 0.05) is 0 Å². The number of rotatable bonds is 2. The second kappa shape index (κ2) is 12.1. The van der Waals surface area contributed by atoms with Crippen LogP contribution in [0.1, 0.15) is 25.5 Å². The Morgan fingerprint density at radius 1 is 1.38 bits per heavy atom. The van der Waals surface area contributed by atoms with E-state index in [1.165, 1.54) is 0 Å². The zero-order chi connectivity index (χ0) is 4.99. The predicted molar refractivity (Wildman–Crippen MR) is 39.1 cm³/mol. The second-order valence-corrected chi connectivity index (χ2v) is 1.27. The minimum atomic E-state index is -1.10. The van der Waals surface area contributed by atoms with Gasteiger partial charge in [0.05, 0.1) is 0 Å². The molecular formula is C4H14Ca2O2. The van der Waals surface area contributed by atoms with Crippen molar-refractivity contribution in [2.45, 2.75) is 26.1 Å². The fourth-order valence-corrected chi connectivity index (χ4v) is 0.258. The minimum Gasteiger partial charge on any atom is -1.00 e. The first-order valence-electron chi connectivity index (χ1n) is 2.13. The average molecular weight is 174 g/mol. The van der Waals surface area contributed by atoms with E-state index in [9.17, 15) is 0 Å². The molecule has 0 atom stereocenters. The van der Waals surface area contributed by atoms with Gasteiger partial charge < -0.3 is 15.9 Å². The van der Waals surface area contributed by atoms with E-state index in [2.05, 4.69) is 0 Å². The topological polar surface area (TPSA) is 40.5 Å². The molecule has 0 saturated carbocycles. The first-order chi connectivity index (χ1) is 2.77. The molecule has 0 heterocycles. The molecule has 2 nitrogen and oxygen atoms in total. The molecule has 0 rings (SSSR count). The van der Waals surface area contributed by atoms with Crippen molar-refractivity contribution in [3.63, 3.8) is 0 Å². The van der Waals surface area contributed by atoms with Crippen LogP contribution in [0.25, 0.3) is 0 Å². The molecule has 0 amide bonds. The summed E-state index contributed by atoms with van der Waals surface area (Å²) < 4.78 is 0. The van der Waals surface area contributed by atoms with Gasteiger partial charge in [-0.25, -0.2) is 0 Å². The van der Waals surface area contributed by atoms with Crippen molar-refractivity contribution in [2.24, 2.45) is 0 Å². The van der Waals surface area contributed by atoms with Gasteiger partial charge in [-0.2, -0.15) is 0 Å². The quantitative estimate of drug-likeness (QED) is 0.449. The summed E-state index contributed by atoms with van der Waals surface area (Å²) in [5, 5.41) is 16.2. The first-order valence-corrected chi connectivity index (χ1v) is 2.13. The van der Waals surface area contributed by atoms with Crippen molar-refractivity contribution < 1.29 is 15.9 Å². The van der Waals surface area contributed by atoms with Gasteiger partial charge in [0.15, 0.2) is 6.29 Å². The third-order valence-electron chi connectivity index (χ3n) is 0.547. The molecule has 0 aliphatic heterocycles. The maximum atomic E-state index is 8.11. The summed E-state index contributed by atoms with van der Waals surface area (Å²) in [6.07, 6.45) is 0.215. The van der Waals surface area contributed by atoms with E-state index in [1.807, 2.05) is 6.92 Å². The van der Waals surface area contributed by atoms with Crippen molar-refractivity contribution in [1.82, 2.24) is 0 Å². The van der Waals surface area contributed by atoms with E-state index in [1.54, 1.807) is 0 Å². The second-order valence-electron chi connectivity index (χ2n) is 1.27. The summed E-state index contributed by atoms with van der Waals surface area (Å²) in [5.74, 6) is 0. The third-order valence-corrected chi connectivity index (χ3v) is 0.547. The number of hydrogen-bond acceptors (Lipinski definition) is 2. The number of aliphatic hydroxyl groups excluding tert-OH is 1. The Labute approximate surface area is 116 Å². The molecule has 2 N–H and O–H groups in total. The molecule has 0 saturated heterocycles. The molecule has 8 heavy (non-hydrogen) atoms. The van der Waals surface area contributed by atoms with Crippen LogP contribution in [0.5, 0.6) is 0 Å². The van der Waals surface area contributed by atoms with E-state index in [-0.39, 0.29) is 81.2 Å². The van der Waals surface area contributed by atoms with Crippen LogP contribution in [0.2, 0.25) is 0 Å². The summed E-state index contributed by atoms with van der Waals surface area (Å²) in [7, 11) is 0. The molecule has 0 bridgehead atoms. The van der Waals surface area contributed by atoms with Crippen LogP contribution >= 0.6 is 0 Å². The fourth-order valence-electron chi connectivity index (χ4n) is 0.258. The molecule has 4 heteroatoms. The van der Waals surface area contributed by atoms with Crippen LogP contribution in [0.4, 0.5) is 0 Å². The Bertz CT molecular complexity index is 44.2. The van der Waals surface area contributed by atoms with Crippen molar-refractivity contribution >= 4 is 75.5 Å². The van der Waals surface area contributed by atoms with E-state index in [0.29, 0.717) is 6.42 Å². The van der Waals surface area contributed by atoms with Crippen LogP contribution in [-0.4, -0.2) is 92.0 Å². The van der Waals surface area contributed by atoms with Gasteiger partial charge in [0.1, 0.15) is 0 Å². The number of hydrogen-bond donors (Lipinski definition) is 2. The van der Waals surface area contributed by atoms with Crippen LogP contribution < -0.4 is 0 Å². The Morgan fingerprint density at radius 2 is 1.75 bits per heavy atom. The Kier molecular flexibility index (Phi) is 25.5. The summed E-state index contributed by atoms with van der Waals surface area (Å²) in [6, 6.07) is 0. The van der Waals surface area contributed by atoms with Crippen LogP contribution in [0.3, 0.4) is 0 Å². The zero-order valence-electron chi connectivity index (χ0n) is 9.30. The van der Waals surface area contributed by atoms with Gasteiger partial charge in [-0.05, 0) is 6.42 Å². The third kappa shape index (κ3) is 15.8. The summed E-state index contributed by atoms with van der Waals surface area (Å²) >= 11 is 0. The maximum absolute atomic E-state index is 8.11. The van der Waals surface area contributed by atoms with E-state index in [0.717, 1.165) is 6.42 Å². The van der Waals surface area contributed by atoms with Gasteiger partial charge >= 0.3 is 75.5 Å². The normalized spacial score (nSPS) is 7.50. The van der Waals surface area contributed by atoms with Gasteiger partial charge in [-0.3, -0.25) is 0 Å². The molecule has 0 aromatic heterocycles. The Hall–Kier alpha value is 2.44. The average Bonchev–Trinajstić information content (AvgIpc) is 1.35. The first kappa shape index (κ1) is 16.8. The smallest absolute Gasteiger partial charge is 1.00 e. The Morgan fingerprint density at radius 3 is 1.75 bits per heavy atom. The van der Waals surface area contributed by atoms with Gasteiger partial charge in [0.2, 0.25) is 0 Å². The van der Waals surface area contributed by atoms with Crippen molar-refractivity contribution in [3.05, 3.63) is 0 Å². The number of aliphatic hydroxyl groups is 2. The molecule has 0 unspecified atom stereocenters. The van der Waals surface area contributed by atoms with Crippen LogP contribution in [0, 0.1) is 0 Å². The minimum absolute atomic E-state index is 0. The van der Waals surface area contributed by atoms with Crippen molar-refractivity contribution in [1.29, 1.82) is 0 Å². The van der Waals surface area contributed by atoms with Crippen molar-refractivity contribution in [2.75, 3.05) is 0 Å². The van der Waals surface area contributed by atoms with Gasteiger partial charge in [-0.15, -0.1) is 0 Å². The zero-order valence-corrected chi connectivity index (χ0v) is 9.72. The molecular weight excluding hydrogens is 160 g/mol. The fraction of sp³-hybridized carbons (Fsp3) is 1.00. The predicted octanol–water partition coefficient (Wildman–Crippen LogP) is -0.214. The van der Waals surface area contributed by atoms with Gasteiger partial charge in [0.25, 0.3) is 0 Å². The molecule has 0 aromatic rings. The van der Waals surface area contributed by atoms with Crippen LogP contribution in [-0.2, 0) is 0 Å². The summed E-state index contributed by atoms with van der Waals surface area (Å²) in [6.45, 7) is 1.90. The summed E-state index contributed by atoms with van der Waals surface area (Å²) in [4.78, 5) is 0. The monoisotopic (exact) mass is 174 g/mol. The summed E-state index contributed by atoms with van der Waals surface area (Å²) in [5.41, 5.74) is 0. The molecule has 0 aliphatic rings. The molecule has 46 valence electrons. The standard InChI is InChI=1S/C4H10O2.2Ca.4H/c1-2-3-4(5)6;;;;;;/h4-6H,2-3H2,1H3;;;;;;/q;2*+2;4*-1. The molecule has 0 aromatic carbocycles. The largest absolute Gasteiger partial charge is 2.00 e. The van der Waals surface area contributed by atoms with Gasteiger partial charge in [-0.1, -0.05) is 13.3 Å². The molecule has 0 fully saturated rings. The maximum Gasteiger partial charge on any atom is 2.00 e. The van der Waals surface area contributed by atoms with Crippen LogP contribution in [0.15, 0.2) is 0 Å².